The van der Waals surface area contributed by atoms with Gasteiger partial charge < -0.3 is 0 Å². The van der Waals surface area contributed by atoms with Crippen LogP contribution in [-0.4, -0.2) is 17.4 Å². The Morgan fingerprint density at radius 3 is 0.750 bits per heavy atom. The molecule has 3 radical (unpaired) electrons. The first-order valence-corrected chi connectivity index (χ1v) is 0. The third-order valence-electron chi connectivity index (χ3n) is 0. The molecule has 0 unspecified atom stereocenters. The van der Waals surface area contributed by atoms with E-state index in [1.165, 1.54) is 0 Å². The Morgan fingerprint density at radius 2 is 0.750 bits per heavy atom. The molecule has 0 nitrogen and oxygen atoms in total. The summed E-state index contributed by atoms with van der Waals surface area (Å²) in [7, 11) is 0. The zero-order valence-corrected chi connectivity index (χ0v) is 10.3. The van der Waals surface area contributed by atoms with Gasteiger partial charge in [-0.15, -0.1) is 0 Å². The predicted octanol–water partition coefficient (Wildman–Crippen LogP) is -0.386. The zero-order chi connectivity index (χ0) is 0. The minimum absolute atomic E-state index is 0. The Balaban J connectivity index is 0. The molecule has 0 aliphatic heterocycles. The Labute approximate surface area is 98.0 Å². The summed E-state index contributed by atoms with van der Waals surface area (Å²) in [5.74, 6) is 0. The molecule has 0 bridgehead atoms. The molecule has 4 heteroatoms. The van der Waals surface area contributed by atoms with Crippen LogP contribution in [0.2, 0.25) is 0 Å². The van der Waals surface area contributed by atoms with Crippen LogP contribution in [0.3, 0.4) is 0 Å². The third kappa shape index (κ3) is 8.98. The van der Waals surface area contributed by atoms with Crippen LogP contribution in [0, 0.1) is 40.8 Å². The Hall–Kier alpha value is 3.26. The number of hydrogen-bond acceptors (Lipinski definition) is 0. The van der Waals surface area contributed by atoms with Gasteiger partial charge in [0.25, 0.3) is 0 Å². The standard InChI is InChI=1S/Al.2Mo.Nd. The van der Waals surface area contributed by atoms with E-state index in [4.69, 9.17) is 0 Å². The SMILES string of the molecule is [Al].[Mo].[Mo].[Nd]. The zero-order valence-electron chi connectivity index (χ0n) is 1.89. The molecule has 19 valence electrons. The van der Waals surface area contributed by atoms with Crippen molar-refractivity contribution in [2.24, 2.45) is 0 Å². The summed E-state index contributed by atoms with van der Waals surface area (Å²) in [5.41, 5.74) is 0. The van der Waals surface area contributed by atoms with Gasteiger partial charge in [-0.2, -0.15) is 0 Å². The second-order valence-electron chi connectivity index (χ2n) is 0. The van der Waals surface area contributed by atoms with Crippen molar-refractivity contribution in [1.29, 1.82) is 0 Å². The van der Waals surface area contributed by atoms with Crippen LogP contribution in [0.1, 0.15) is 0 Å². The summed E-state index contributed by atoms with van der Waals surface area (Å²) in [6.45, 7) is 0. The van der Waals surface area contributed by atoms with Gasteiger partial charge in [-0.3, -0.25) is 0 Å². The van der Waals surface area contributed by atoms with Crippen molar-refractivity contribution in [2.75, 3.05) is 0 Å². The molecular formula is AlMo2Nd. The van der Waals surface area contributed by atoms with Crippen molar-refractivity contribution < 1.29 is 83.0 Å². The Bertz CT molecular complexity index is 6.00. The molecule has 0 aliphatic carbocycles. The summed E-state index contributed by atoms with van der Waals surface area (Å²) >= 11 is 0. The first-order valence-electron chi connectivity index (χ1n) is 0. The fourth-order valence-electron chi connectivity index (χ4n) is 0. The fourth-order valence-corrected chi connectivity index (χ4v) is 0. The van der Waals surface area contributed by atoms with Crippen LogP contribution in [-0.2, 0) is 42.1 Å². The van der Waals surface area contributed by atoms with Crippen molar-refractivity contribution >= 4 is 17.4 Å². The van der Waals surface area contributed by atoms with Crippen LogP contribution in [0.5, 0.6) is 0 Å². The van der Waals surface area contributed by atoms with E-state index in [0.29, 0.717) is 0 Å². The molecule has 0 amide bonds. The Morgan fingerprint density at radius 1 is 0.750 bits per heavy atom. The molecule has 0 aromatic heterocycles. The third-order valence-corrected chi connectivity index (χ3v) is 0. The average molecular weight is 363 g/mol. The van der Waals surface area contributed by atoms with Crippen molar-refractivity contribution in [3.05, 3.63) is 0 Å². The van der Waals surface area contributed by atoms with E-state index in [2.05, 4.69) is 0 Å². The first kappa shape index (κ1) is 26.8. The van der Waals surface area contributed by atoms with E-state index in [0.717, 1.165) is 0 Å². The monoisotopic (exact) mass is 365 g/mol. The molecule has 0 N–H and O–H groups in total. The van der Waals surface area contributed by atoms with E-state index in [1.807, 2.05) is 0 Å². The van der Waals surface area contributed by atoms with Crippen LogP contribution >= 0.6 is 0 Å². The molecule has 0 saturated heterocycles. The van der Waals surface area contributed by atoms with E-state index >= 15 is 0 Å². The van der Waals surface area contributed by atoms with Gasteiger partial charge in [0, 0.05) is 100 Å². The summed E-state index contributed by atoms with van der Waals surface area (Å²) in [6.07, 6.45) is 0. The van der Waals surface area contributed by atoms with Gasteiger partial charge >= 0.3 is 0 Å². The van der Waals surface area contributed by atoms with Crippen LogP contribution in [0.25, 0.3) is 0 Å². The maximum Gasteiger partial charge on any atom is 0 e. The van der Waals surface area contributed by atoms with E-state index < -0.39 is 0 Å². The normalized spacial score (nSPS) is 0. The second-order valence-corrected chi connectivity index (χ2v) is 0. The van der Waals surface area contributed by atoms with Gasteiger partial charge in [-0.05, 0) is 0 Å². The molecule has 0 aromatic carbocycles. The van der Waals surface area contributed by atoms with Crippen molar-refractivity contribution in [2.45, 2.75) is 0 Å². The van der Waals surface area contributed by atoms with E-state index in [9.17, 15) is 0 Å². The molecule has 0 heterocycles. The summed E-state index contributed by atoms with van der Waals surface area (Å²) in [6, 6.07) is 0. The molecule has 0 atom stereocenters. The molecule has 0 aliphatic rings. The number of hydrogen-bond donors (Lipinski definition) is 0. The van der Waals surface area contributed by atoms with Gasteiger partial charge in [0.2, 0.25) is 0 Å². The first-order chi connectivity index (χ1) is 0. The molecular weight excluding hydrogens is 363 g/mol. The fraction of sp³-hybridized carbons (Fsp3) is 0. The molecule has 0 spiro atoms. The van der Waals surface area contributed by atoms with Crippen molar-refractivity contribution in [1.82, 2.24) is 0 Å². The maximum absolute atomic E-state index is 0. The van der Waals surface area contributed by atoms with Crippen LogP contribution in [0.4, 0.5) is 0 Å². The van der Waals surface area contributed by atoms with E-state index in [1.54, 1.807) is 0 Å². The molecule has 4 heavy (non-hydrogen) atoms. The van der Waals surface area contributed by atoms with Crippen LogP contribution in [0.15, 0.2) is 0 Å². The van der Waals surface area contributed by atoms with Crippen LogP contribution < -0.4 is 0 Å². The van der Waals surface area contributed by atoms with Gasteiger partial charge in [0.05, 0.1) is 0 Å². The van der Waals surface area contributed by atoms with E-state index in [-0.39, 0.29) is 100 Å². The summed E-state index contributed by atoms with van der Waals surface area (Å²) < 4.78 is 0. The van der Waals surface area contributed by atoms with Crippen molar-refractivity contribution in [3.63, 3.8) is 0 Å². The minimum atomic E-state index is 0. The summed E-state index contributed by atoms with van der Waals surface area (Å²) in [4.78, 5) is 0. The van der Waals surface area contributed by atoms with Gasteiger partial charge in [-0.1, -0.05) is 0 Å². The topological polar surface area (TPSA) is 0 Å². The quantitative estimate of drug-likeness (QED) is 0.515. The number of rotatable bonds is 0. The largest absolute Gasteiger partial charge is 0 e. The summed E-state index contributed by atoms with van der Waals surface area (Å²) in [5, 5.41) is 0. The van der Waals surface area contributed by atoms with Crippen molar-refractivity contribution in [3.8, 4) is 0 Å². The maximum atomic E-state index is 0. The predicted molar refractivity (Wildman–Crippen MR) is 5.75 cm³/mol. The van der Waals surface area contributed by atoms with Gasteiger partial charge in [0.15, 0.2) is 0 Å². The molecule has 0 rings (SSSR count). The second kappa shape index (κ2) is 16.3. The average Bonchev–Trinajstić information content (AvgIpc) is 0. The molecule has 0 fully saturated rings. The Kier molecular flexibility index (Phi) is 109. The molecule has 0 aromatic rings. The van der Waals surface area contributed by atoms with Gasteiger partial charge in [-0.25, -0.2) is 0 Å². The van der Waals surface area contributed by atoms with Gasteiger partial charge in [0.1, 0.15) is 0 Å². The smallest absolute Gasteiger partial charge is 0 e. The minimum Gasteiger partial charge on any atom is 0 e. The molecule has 0 saturated carbocycles.